The first-order valence-corrected chi connectivity index (χ1v) is 7.29. The first-order valence-electron chi connectivity index (χ1n) is 6.41. The van der Waals surface area contributed by atoms with Gasteiger partial charge in [-0.05, 0) is 29.1 Å². The van der Waals surface area contributed by atoms with Gasteiger partial charge in [0, 0.05) is 18.0 Å². The number of fused-ring (bicyclic) bond motifs is 1. The van der Waals surface area contributed by atoms with Crippen LogP contribution in [-0.4, -0.2) is 17.2 Å². The maximum atomic E-state index is 10.4. The molecule has 0 aliphatic rings. The van der Waals surface area contributed by atoms with Gasteiger partial charge in [0.1, 0.15) is 5.75 Å². The van der Waals surface area contributed by atoms with Crippen LogP contribution in [-0.2, 0) is 6.42 Å². The Labute approximate surface area is 121 Å². The maximum absolute atomic E-state index is 10.4. The molecule has 3 rings (SSSR count). The molecule has 0 spiro atoms. The van der Waals surface area contributed by atoms with Gasteiger partial charge < -0.3 is 9.84 Å². The van der Waals surface area contributed by atoms with Crippen LogP contribution in [0.2, 0.25) is 0 Å². The molecule has 0 saturated carbocycles. The molecule has 1 atom stereocenters. The number of para-hydroxylation sites is 1. The lowest BCUT2D eigenvalue weighted by molar-refractivity contribution is 0.178. The molecule has 2 heterocycles. The van der Waals surface area contributed by atoms with Gasteiger partial charge in [0.05, 0.1) is 23.6 Å². The van der Waals surface area contributed by atoms with Crippen molar-refractivity contribution in [2.24, 2.45) is 0 Å². The van der Waals surface area contributed by atoms with Crippen LogP contribution >= 0.6 is 11.3 Å². The molecule has 3 nitrogen and oxygen atoms in total. The van der Waals surface area contributed by atoms with Crippen molar-refractivity contribution >= 4 is 22.2 Å². The lowest BCUT2D eigenvalue weighted by Crippen LogP contribution is -2.02. The number of hydrogen-bond acceptors (Lipinski definition) is 4. The van der Waals surface area contributed by atoms with E-state index in [9.17, 15) is 5.11 Å². The summed E-state index contributed by atoms with van der Waals surface area (Å²) in [6.45, 7) is 0. The number of methoxy groups -OCH3 is 1. The highest BCUT2D eigenvalue weighted by atomic mass is 32.1. The van der Waals surface area contributed by atoms with E-state index in [1.807, 2.05) is 41.8 Å². The Kier molecular flexibility index (Phi) is 3.67. The molecule has 0 aliphatic carbocycles. The van der Waals surface area contributed by atoms with Gasteiger partial charge >= 0.3 is 0 Å². The van der Waals surface area contributed by atoms with Crippen LogP contribution in [0.4, 0.5) is 0 Å². The van der Waals surface area contributed by atoms with Crippen LogP contribution < -0.4 is 4.74 Å². The number of aromatic nitrogens is 1. The Balaban J connectivity index is 1.93. The fourth-order valence-corrected chi connectivity index (χ4v) is 3.20. The van der Waals surface area contributed by atoms with Crippen molar-refractivity contribution in [3.05, 3.63) is 58.4 Å². The van der Waals surface area contributed by atoms with Crippen molar-refractivity contribution < 1.29 is 9.84 Å². The number of hydrogen-bond donors (Lipinski definition) is 1. The Hall–Kier alpha value is -1.91. The summed E-state index contributed by atoms with van der Waals surface area (Å²) in [7, 11) is 1.63. The molecule has 3 aromatic rings. The molecule has 2 aromatic heterocycles. The summed E-state index contributed by atoms with van der Waals surface area (Å²) >= 11 is 1.52. The quantitative estimate of drug-likeness (QED) is 0.796. The summed E-state index contributed by atoms with van der Waals surface area (Å²) < 4.78 is 5.27. The molecule has 0 fully saturated rings. The SMILES string of the molecule is COc1ccsc1C(O)Cc1ccnc2ccccc12. The van der Waals surface area contributed by atoms with E-state index in [1.165, 1.54) is 11.3 Å². The Morgan fingerprint density at radius 3 is 2.95 bits per heavy atom. The predicted octanol–water partition coefficient (Wildman–Crippen LogP) is 3.58. The normalized spacial score (nSPS) is 12.5. The average molecular weight is 285 g/mol. The van der Waals surface area contributed by atoms with Gasteiger partial charge in [0.25, 0.3) is 0 Å². The van der Waals surface area contributed by atoms with Gasteiger partial charge in [-0.3, -0.25) is 4.98 Å². The smallest absolute Gasteiger partial charge is 0.135 e. The standard InChI is InChI=1S/C16H15NO2S/c1-19-15-7-9-20-16(15)14(18)10-11-6-8-17-13-5-3-2-4-12(11)13/h2-9,14,18H,10H2,1H3. The number of rotatable bonds is 4. The van der Waals surface area contributed by atoms with Crippen LogP contribution in [0.25, 0.3) is 10.9 Å². The van der Waals surface area contributed by atoms with Crippen molar-refractivity contribution in [3.63, 3.8) is 0 Å². The third-order valence-electron chi connectivity index (χ3n) is 3.33. The topological polar surface area (TPSA) is 42.4 Å². The van der Waals surface area contributed by atoms with E-state index in [2.05, 4.69) is 4.98 Å². The molecular weight excluding hydrogens is 270 g/mol. The van der Waals surface area contributed by atoms with Gasteiger partial charge in [-0.15, -0.1) is 11.3 Å². The van der Waals surface area contributed by atoms with Crippen LogP contribution in [0.5, 0.6) is 5.75 Å². The van der Waals surface area contributed by atoms with Crippen molar-refractivity contribution in [2.45, 2.75) is 12.5 Å². The third-order valence-corrected chi connectivity index (χ3v) is 4.33. The second kappa shape index (κ2) is 5.61. The molecule has 0 bridgehead atoms. The minimum Gasteiger partial charge on any atom is -0.495 e. The van der Waals surface area contributed by atoms with Crippen LogP contribution in [0.15, 0.2) is 48.0 Å². The minimum absolute atomic E-state index is 0.555. The van der Waals surface area contributed by atoms with Gasteiger partial charge in [-0.25, -0.2) is 0 Å². The van der Waals surface area contributed by atoms with Crippen LogP contribution in [0.3, 0.4) is 0 Å². The predicted molar refractivity (Wildman–Crippen MR) is 81.3 cm³/mol. The summed E-state index contributed by atoms with van der Waals surface area (Å²) in [5, 5.41) is 13.5. The van der Waals surface area contributed by atoms with Crippen molar-refractivity contribution in [3.8, 4) is 5.75 Å². The monoisotopic (exact) mass is 285 g/mol. The molecule has 0 amide bonds. The second-order valence-corrected chi connectivity index (χ2v) is 5.51. The Morgan fingerprint density at radius 2 is 2.10 bits per heavy atom. The highest BCUT2D eigenvalue weighted by Gasteiger charge is 2.16. The van der Waals surface area contributed by atoms with E-state index in [1.54, 1.807) is 13.3 Å². The van der Waals surface area contributed by atoms with E-state index >= 15 is 0 Å². The van der Waals surface area contributed by atoms with E-state index < -0.39 is 6.10 Å². The molecule has 0 aliphatic heterocycles. The van der Waals surface area contributed by atoms with Gasteiger partial charge in [0.2, 0.25) is 0 Å². The van der Waals surface area contributed by atoms with Gasteiger partial charge in [0.15, 0.2) is 0 Å². The van der Waals surface area contributed by atoms with Gasteiger partial charge in [-0.2, -0.15) is 0 Å². The van der Waals surface area contributed by atoms with E-state index in [-0.39, 0.29) is 0 Å². The van der Waals surface area contributed by atoms with E-state index in [4.69, 9.17) is 4.74 Å². The number of nitrogens with zero attached hydrogens (tertiary/aromatic N) is 1. The van der Waals surface area contributed by atoms with Gasteiger partial charge in [-0.1, -0.05) is 18.2 Å². The van der Waals surface area contributed by atoms with Crippen LogP contribution in [0.1, 0.15) is 16.5 Å². The first kappa shape index (κ1) is 13.1. The largest absolute Gasteiger partial charge is 0.495 e. The number of benzene rings is 1. The lowest BCUT2D eigenvalue weighted by atomic mass is 10.0. The number of aliphatic hydroxyl groups is 1. The average Bonchev–Trinajstić information content (AvgIpc) is 2.96. The maximum Gasteiger partial charge on any atom is 0.135 e. The molecule has 1 unspecified atom stereocenters. The van der Waals surface area contributed by atoms with E-state index in [0.29, 0.717) is 6.42 Å². The summed E-state index contributed by atoms with van der Waals surface area (Å²) in [5.41, 5.74) is 2.05. The highest BCUT2D eigenvalue weighted by molar-refractivity contribution is 7.10. The lowest BCUT2D eigenvalue weighted by Gasteiger charge is -2.12. The highest BCUT2D eigenvalue weighted by Crippen LogP contribution is 2.33. The summed E-state index contributed by atoms with van der Waals surface area (Å²) in [6.07, 6.45) is 1.78. The van der Waals surface area contributed by atoms with Crippen molar-refractivity contribution in [1.82, 2.24) is 4.98 Å². The molecular formula is C16H15NO2S. The molecule has 1 N–H and O–H groups in total. The number of aliphatic hydroxyl groups excluding tert-OH is 1. The second-order valence-electron chi connectivity index (χ2n) is 4.56. The zero-order valence-electron chi connectivity index (χ0n) is 11.1. The molecule has 102 valence electrons. The number of pyridine rings is 1. The zero-order chi connectivity index (χ0) is 13.9. The zero-order valence-corrected chi connectivity index (χ0v) is 11.9. The summed E-state index contributed by atoms with van der Waals surface area (Å²) in [5.74, 6) is 0.751. The molecule has 0 saturated heterocycles. The molecule has 1 aromatic carbocycles. The Bertz CT molecular complexity index is 718. The fourth-order valence-electron chi connectivity index (χ4n) is 2.35. The van der Waals surface area contributed by atoms with Crippen molar-refractivity contribution in [1.29, 1.82) is 0 Å². The summed E-state index contributed by atoms with van der Waals surface area (Å²) in [4.78, 5) is 5.21. The molecule has 20 heavy (non-hydrogen) atoms. The first-order chi connectivity index (χ1) is 9.79. The van der Waals surface area contributed by atoms with E-state index in [0.717, 1.165) is 27.1 Å². The number of thiophene rings is 1. The molecule has 4 heteroatoms. The fraction of sp³-hybridized carbons (Fsp3) is 0.188. The third kappa shape index (κ3) is 2.40. The summed E-state index contributed by atoms with van der Waals surface area (Å²) in [6, 6.07) is 11.8. The molecule has 0 radical (unpaired) electrons. The van der Waals surface area contributed by atoms with Crippen LogP contribution in [0, 0.1) is 0 Å². The van der Waals surface area contributed by atoms with Crippen molar-refractivity contribution in [2.75, 3.05) is 7.11 Å². The Morgan fingerprint density at radius 1 is 1.25 bits per heavy atom. The minimum atomic E-state index is -0.559. The number of ether oxygens (including phenoxy) is 1.